The first-order valence-electron chi connectivity index (χ1n) is 19.3. The van der Waals surface area contributed by atoms with E-state index in [1.807, 2.05) is 0 Å². The number of fused-ring (bicyclic) bond motifs is 3. The summed E-state index contributed by atoms with van der Waals surface area (Å²) in [7, 11) is -4.46. The maximum Gasteiger partial charge on any atom is 0.384 e. The lowest BCUT2D eigenvalue weighted by atomic mass is 9.91. The summed E-state index contributed by atoms with van der Waals surface area (Å²) in [5.74, 6) is 5.70. The van der Waals surface area contributed by atoms with Gasteiger partial charge in [-0.25, -0.2) is 4.79 Å². The Kier molecular flexibility index (Phi) is 14.1. The molecule has 4 aliphatic rings. The van der Waals surface area contributed by atoms with Gasteiger partial charge in [0.25, 0.3) is 0 Å². The molecule has 4 rings (SSSR count). The fourth-order valence-electron chi connectivity index (χ4n) is 6.60. The van der Waals surface area contributed by atoms with E-state index in [1.165, 1.54) is 11.1 Å². The summed E-state index contributed by atoms with van der Waals surface area (Å²) in [5.41, 5.74) is 2.48. The lowest BCUT2D eigenvalue weighted by molar-refractivity contribution is -0.146. The standard InChI is InChI=1S/C42H68O7Si2/c1-29-22-23-44-33(25-29)20-21-35(48-50(10,11)41(4,5)6)36-28-37-40(47-37)38(49-51(12,13)42(7,8)9)27-31(3)24-30(2)26-34-18-14-16-32(45-34)17-15-19-39(43)46-36/h14,16,20-22,30,32-38,40H,3,17-18,23-28H2,1-2,4-13H3/b21-20+/t30?,32-,33+,34-,35-,36-,37-,38-,40+/m0/s1. The van der Waals surface area contributed by atoms with E-state index in [-0.39, 0.29) is 46.7 Å². The number of esters is 1. The highest BCUT2D eigenvalue weighted by atomic mass is 28.4. The fraction of sp³-hybridized carbons (Fsp3) is 0.738. The molecule has 4 heterocycles. The molecule has 2 bridgehead atoms. The molecule has 51 heavy (non-hydrogen) atoms. The van der Waals surface area contributed by atoms with Crippen LogP contribution < -0.4 is 0 Å². The lowest BCUT2D eigenvalue weighted by Crippen LogP contribution is -2.48. The van der Waals surface area contributed by atoms with E-state index in [9.17, 15) is 4.79 Å². The molecule has 1 saturated heterocycles. The predicted octanol–water partition coefficient (Wildman–Crippen LogP) is 9.61. The maximum absolute atomic E-state index is 13.5. The molecule has 9 atom stereocenters. The molecule has 0 aromatic heterocycles. The van der Waals surface area contributed by atoms with E-state index in [2.05, 4.69) is 130 Å². The molecule has 0 aromatic carbocycles. The average Bonchev–Trinajstić information content (AvgIpc) is 3.76. The lowest BCUT2D eigenvalue weighted by Gasteiger charge is -2.40. The second kappa shape index (κ2) is 17.1. The van der Waals surface area contributed by atoms with E-state index < -0.39 is 34.8 Å². The van der Waals surface area contributed by atoms with Gasteiger partial charge < -0.3 is 27.8 Å². The Morgan fingerprint density at radius 1 is 1.00 bits per heavy atom. The maximum atomic E-state index is 13.5. The zero-order chi connectivity index (χ0) is 37.8. The number of hydrogen-bond acceptors (Lipinski definition) is 7. The summed E-state index contributed by atoms with van der Waals surface area (Å²) in [6.45, 7) is 32.1. The van der Waals surface area contributed by atoms with Crippen molar-refractivity contribution < 1.29 is 32.6 Å². The molecule has 7 nitrogen and oxygen atoms in total. The van der Waals surface area contributed by atoms with Crippen LogP contribution in [0.1, 0.15) is 100 Å². The molecule has 286 valence electrons. The van der Waals surface area contributed by atoms with Gasteiger partial charge in [0.05, 0.1) is 37.1 Å². The van der Waals surface area contributed by atoms with Crippen LogP contribution in [0.2, 0.25) is 36.3 Å². The summed E-state index contributed by atoms with van der Waals surface area (Å²) in [4.78, 5) is 13.5. The highest BCUT2D eigenvalue weighted by Crippen LogP contribution is 2.44. The summed E-state index contributed by atoms with van der Waals surface area (Å²) in [5, 5.41) is -0.0124. The van der Waals surface area contributed by atoms with E-state index in [0.717, 1.165) is 32.1 Å². The average molecular weight is 741 g/mol. The van der Waals surface area contributed by atoms with Crippen molar-refractivity contribution in [2.75, 3.05) is 6.61 Å². The molecule has 0 radical (unpaired) electrons. The minimum absolute atomic E-state index is 0.0404. The van der Waals surface area contributed by atoms with Crippen LogP contribution in [0.4, 0.5) is 0 Å². The molecule has 0 aromatic rings. The molecule has 1 fully saturated rings. The Hall–Kier alpha value is -1.78. The smallest absolute Gasteiger partial charge is 0.384 e. The molecular formula is C42H68O7Si2. The normalized spacial score (nSPS) is 32.5. The van der Waals surface area contributed by atoms with E-state index >= 15 is 0 Å². The van der Waals surface area contributed by atoms with Gasteiger partial charge in [0.2, 0.25) is 0 Å². The second-order valence-electron chi connectivity index (χ2n) is 18.6. The van der Waals surface area contributed by atoms with Crippen LogP contribution in [0.25, 0.3) is 0 Å². The highest BCUT2D eigenvalue weighted by Gasteiger charge is 2.52. The zero-order valence-corrected chi connectivity index (χ0v) is 35.8. The SMILES string of the molecule is C=C1CC(C)C[C@@H]2CC=C[C@@H](CC#CC(=O)O[C@H]([C@H](/C=C/[C@@H]3CC(C)=CCO3)O[Si](C)(C)C(C)(C)C)C[C@@H]3O[C@H]3[C@@H](O[Si](C)(C)C(C)(C)C)C1)O2. The van der Waals surface area contributed by atoms with Crippen molar-refractivity contribution in [2.45, 2.75) is 185 Å². The molecule has 4 aliphatic heterocycles. The van der Waals surface area contributed by atoms with Crippen molar-refractivity contribution in [2.24, 2.45) is 5.92 Å². The van der Waals surface area contributed by atoms with Crippen molar-refractivity contribution in [1.29, 1.82) is 0 Å². The van der Waals surface area contributed by atoms with Gasteiger partial charge in [-0.15, -0.1) is 0 Å². The molecule has 0 amide bonds. The van der Waals surface area contributed by atoms with Crippen LogP contribution in [0.15, 0.2) is 48.1 Å². The molecule has 0 saturated carbocycles. The fourth-order valence-corrected chi connectivity index (χ4v) is 9.19. The van der Waals surface area contributed by atoms with E-state index in [0.29, 0.717) is 25.4 Å². The topological polar surface area (TPSA) is 75.8 Å². The molecule has 0 aliphatic carbocycles. The minimum Gasteiger partial charge on any atom is -0.450 e. The Balaban J connectivity index is 1.69. The summed E-state index contributed by atoms with van der Waals surface area (Å²) >= 11 is 0. The number of carbonyl (C=O) groups excluding carboxylic acids is 1. The minimum atomic E-state index is -2.31. The molecule has 1 unspecified atom stereocenters. The third-order valence-corrected chi connectivity index (χ3v) is 20.7. The van der Waals surface area contributed by atoms with Crippen molar-refractivity contribution in [3.05, 3.63) is 48.1 Å². The third-order valence-electron chi connectivity index (χ3n) is 11.8. The largest absolute Gasteiger partial charge is 0.450 e. The highest BCUT2D eigenvalue weighted by molar-refractivity contribution is 6.74. The van der Waals surface area contributed by atoms with Crippen molar-refractivity contribution >= 4 is 22.6 Å². The first-order chi connectivity index (χ1) is 23.6. The number of carbonyl (C=O) groups is 1. The molecule has 9 heteroatoms. The first-order valence-corrected chi connectivity index (χ1v) is 25.1. The number of cyclic esters (lactones) is 1. The van der Waals surface area contributed by atoms with Crippen LogP contribution in [-0.2, 0) is 32.6 Å². The van der Waals surface area contributed by atoms with Crippen LogP contribution in [0.3, 0.4) is 0 Å². The summed E-state index contributed by atoms with van der Waals surface area (Å²) < 4.78 is 39.5. The van der Waals surface area contributed by atoms with Crippen molar-refractivity contribution in [3.8, 4) is 11.8 Å². The summed E-state index contributed by atoms with van der Waals surface area (Å²) in [6, 6.07) is 0. The predicted molar refractivity (Wildman–Crippen MR) is 212 cm³/mol. The number of ether oxygens (including phenoxy) is 4. The van der Waals surface area contributed by atoms with E-state index in [1.54, 1.807) is 0 Å². The van der Waals surface area contributed by atoms with Crippen LogP contribution >= 0.6 is 0 Å². The molecule has 0 N–H and O–H groups in total. The van der Waals surface area contributed by atoms with Crippen LogP contribution in [0, 0.1) is 17.8 Å². The molecular weight excluding hydrogens is 673 g/mol. The molecule has 0 spiro atoms. The van der Waals surface area contributed by atoms with Crippen LogP contribution in [-0.4, -0.2) is 78.0 Å². The second-order valence-corrected chi connectivity index (χ2v) is 28.1. The van der Waals surface area contributed by atoms with Crippen molar-refractivity contribution in [3.63, 3.8) is 0 Å². The van der Waals surface area contributed by atoms with Gasteiger partial charge in [0.1, 0.15) is 18.3 Å². The quantitative estimate of drug-likeness (QED) is 0.0643. The van der Waals surface area contributed by atoms with Gasteiger partial charge in [-0.1, -0.05) is 102 Å². The van der Waals surface area contributed by atoms with Crippen LogP contribution in [0.5, 0.6) is 0 Å². The zero-order valence-electron chi connectivity index (χ0n) is 33.8. The van der Waals surface area contributed by atoms with Gasteiger partial charge in [-0.05, 0) is 81.2 Å². The number of rotatable bonds is 7. The van der Waals surface area contributed by atoms with Crippen molar-refractivity contribution in [1.82, 2.24) is 0 Å². The van der Waals surface area contributed by atoms with Gasteiger partial charge in [0.15, 0.2) is 16.6 Å². The summed E-state index contributed by atoms with van der Waals surface area (Å²) in [6.07, 6.45) is 14.1. The Morgan fingerprint density at radius 3 is 2.37 bits per heavy atom. The number of epoxide rings is 1. The Labute approximate surface area is 312 Å². The first kappa shape index (κ1) is 42.0. The van der Waals surface area contributed by atoms with Gasteiger partial charge in [0, 0.05) is 18.8 Å². The van der Waals surface area contributed by atoms with Gasteiger partial charge in [-0.3, -0.25) is 0 Å². The Bertz CT molecular complexity index is 1370. The Morgan fingerprint density at radius 2 is 1.71 bits per heavy atom. The number of hydrogen-bond donors (Lipinski definition) is 0. The van der Waals surface area contributed by atoms with E-state index in [4.69, 9.17) is 27.8 Å². The van der Waals surface area contributed by atoms with Gasteiger partial charge >= 0.3 is 5.97 Å². The monoisotopic (exact) mass is 740 g/mol. The third kappa shape index (κ3) is 12.4. The van der Waals surface area contributed by atoms with Gasteiger partial charge in [-0.2, -0.15) is 0 Å².